The Bertz CT molecular complexity index is 4600. The second-order valence-electron chi connectivity index (χ2n) is 28.6. The summed E-state index contributed by atoms with van der Waals surface area (Å²) in [6.07, 6.45) is -4.77. The number of amides is 3. The van der Waals surface area contributed by atoms with E-state index in [9.17, 15) is 138 Å². The number of aliphatic hydroxyl groups excluding tert-OH is 9. The van der Waals surface area contributed by atoms with Crippen LogP contribution >= 0.6 is 31.3 Å². The van der Waals surface area contributed by atoms with Crippen molar-refractivity contribution in [2.24, 2.45) is 52.7 Å². The number of hydrogen-bond acceptors (Lipinski definition) is 35. The number of benzene rings is 3. The Morgan fingerprint density at radius 1 is 0.389 bits per heavy atom. The van der Waals surface area contributed by atoms with Crippen molar-refractivity contribution in [2.45, 2.75) is 91.8 Å². The van der Waals surface area contributed by atoms with Gasteiger partial charge in [-0.1, -0.05) is 57.2 Å². The molecule has 4 fully saturated rings. The predicted molar refractivity (Wildman–Crippen MR) is 375 cm³/mol. The van der Waals surface area contributed by atoms with Crippen LogP contribution in [0.4, 0.5) is 0 Å². The number of phenolic OH excluding ortho intramolecular Hbond substituents is 3. The van der Waals surface area contributed by atoms with Crippen LogP contribution in [0, 0.1) is 35.5 Å². The van der Waals surface area contributed by atoms with Crippen molar-refractivity contribution in [3.8, 4) is 17.2 Å². The van der Waals surface area contributed by atoms with Crippen molar-refractivity contribution in [1.82, 2.24) is 14.7 Å². The van der Waals surface area contributed by atoms with Gasteiger partial charge in [-0.25, -0.2) is 18.3 Å². The Labute approximate surface area is 659 Å². The Balaban J connectivity index is 0.000000177. The Kier molecular flexibility index (Phi) is 23.8. The smallest absolute Gasteiger partial charge is 0.508 e. The second kappa shape index (κ2) is 30.2. The minimum Gasteiger partial charge on any atom is -0.508 e. The third-order valence-corrected chi connectivity index (χ3v) is 28.4. The molecule has 25 N–H and O–H groups in total. The SMILES string of the molecule is C[C@H]1c2cccc(O)c2C(O)=C2C(=O)[C@]3(O)C(O)=C(C(N)=O)C(=O)[C@@H](N(C)C)[C@@H]3[C@@H](O)[C@@H]21.C[C@H]1c2cccc(O)c2C(O)=C2C(=O)[C@]3(O)C(O)=C(C(N)=O)C(=O)[C@@H](N(C)C)[C@@H]3[C@@H](O)[C@@H]21.C[C@H]1c2cccc(O)c2C(O)=C2C(=O)[C@]3(O)C(O)=C(C(N)=O)C(=O)[C@@H](N(C)C)[C@@H]3[C@@H](O)[C@@H]21.O=P1(O)OP(=O)(O)OP(=O)(O)OP(=O)(O)O1.[Na+]. The van der Waals surface area contributed by atoms with Gasteiger partial charge in [0.25, 0.3) is 17.7 Å². The summed E-state index contributed by atoms with van der Waals surface area (Å²) in [5.74, 6) is -26.6. The molecule has 3 aromatic rings. The minimum absolute atomic E-state index is 0. The number of hydrogen-bond donors (Lipinski definition) is 22. The van der Waals surface area contributed by atoms with Gasteiger partial charge in [-0.2, -0.15) is 17.2 Å². The number of nitrogens with two attached hydrogens (primary N) is 3. The first kappa shape index (κ1) is 88.9. The predicted octanol–water partition coefficient (Wildman–Crippen LogP) is -4.04. The molecule has 47 heteroatoms. The van der Waals surface area contributed by atoms with E-state index in [1.807, 2.05) is 0 Å². The number of ketones is 6. The van der Waals surface area contributed by atoms with Gasteiger partial charge in [0.2, 0.25) is 17.3 Å². The van der Waals surface area contributed by atoms with Crippen LogP contribution in [0.3, 0.4) is 0 Å². The first-order valence-electron chi connectivity index (χ1n) is 33.0. The molecule has 1 heterocycles. The second-order valence-corrected chi connectivity index (χ2v) is 34.9. The van der Waals surface area contributed by atoms with Gasteiger partial charge >= 0.3 is 60.8 Å². The number of carbonyl (C=O) groups is 9. The molecule has 0 spiro atoms. The molecule has 3 amide bonds. The number of fused-ring (bicyclic) bond motifs is 9. The van der Waals surface area contributed by atoms with Crippen LogP contribution in [0.15, 0.2) is 105 Å². The zero-order valence-electron chi connectivity index (χ0n) is 60.7. The quantitative estimate of drug-likeness (QED) is 0.0635. The fourth-order valence-corrected chi connectivity index (χ4v) is 23.0. The summed E-state index contributed by atoms with van der Waals surface area (Å²) in [4.78, 5) is 154. The fourth-order valence-electron chi connectivity index (χ4n) is 17.3. The number of Topliss-reactive ketones (excluding diaryl/α,β-unsaturated/α-hetero) is 6. The number of nitrogens with zero attached hydrogens (tertiary/aromatic N) is 3. The van der Waals surface area contributed by atoms with Crippen LogP contribution in [0.5, 0.6) is 17.2 Å². The molecule has 0 unspecified atom stereocenters. The van der Waals surface area contributed by atoms with Crippen molar-refractivity contribution in [3.05, 3.63) is 139 Å². The van der Waals surface area contributed by atoms with Gasteiger partial charge in [-0.15, -0.1) is 0 Å². The fraction of sp³-hybridized carbons (Fsp3) is 0.409. The summed E-state index contributed by atoms with van der Waals surface area (Å²) in [5.41, 5.74) is 4.41. The standard InChI is InChI=1S/3C22H24N2O8.Na.H4O12P4/c3*1-7-8-5-4-6-9(25)11(8)16(26)12-10(7)17(27)14-15(24(2)3)18(28)13(21(23)31)20(30)22(14,32)19(12)29;;1-13(2)9-14(3,4)11-16(7,8)12-15(5,6)10-13/h3*4-7,10,14-15,17,25-27,30,32H,1-3H3,(H2,23,31);;(H,1,2)(H,3,4)(H,5,6)(H,7,8)/q;;;+1;/t3*7-,10+,14+,15-,17-,22-;;/m000../s1. The van der Waals surface area contributed by atoms with E-state index in [0.29, 0.717) is 16.7 Å². The van der Waals surface area contributed by atoms with Crippen molar-refractivity contribution < 1.29 is 204 Å². The molecule has 113 heavy (non-hydrogen) atoms. The number of phosphoric acid groups is 4. The molecular formula is C66H76N6NaO36P4+. The van der Waals surface area contributed by atoms with Crippen LogP contribution in [0.25, 0.3) is 17.3 Å². The Morgan fingerprint density at radius 3 is 0.761 bits per heavy atom. The summed E-state index contributed by atoms with van der Waals surface area (Å²) >= 11 is 0. The van der Waals surface area contributed by atoms with Crippen molar-refractivity contribution in [2.75, 3.05) is 42.3 Å². The van der Waals surface area contributed by atoms with Crippen LogP contribution in [0.1, 0.15) is 71.9 Å². The normalized spacial score (nSPS) is 37.0. The average Bonchev–Trinajstić information content (AvgIpc) is 0.698. The third kappa shape index (κ3) is 13.8. The molecular weight excluding hydrogens is 1600 g/mol. The van der Waals surface area contributed by atoms with Gasteiger partial charge < -0.3 is 113 Å². The van der Waals surface area contributed by atoms with Gasteiger partial charge in [-0.3, -0.25) is 57.9 Å². The number of likely N-dealkylation sites (N-methyl/N-ethyl adjacent to an activating group) is 3. The van der Waals surface area contributed by atoms with E-state index >= 15 is 0 Å². The van der Waals surface area contributed by atoms with Crippen molar-refractivity contribution in [1.29, 1.82) is 0 Å². The average molecular weight is 1680 g/mol. The molecule has 3 saturated carbocycles. The van der Waals surface area contributed by atoms with Crippen molar-refractivity contribution >= 4 is 101 Å². The van der Waals surface area contributed by atoms with Gasteiger partial charge in [0.15, 0.2) is 34.2 Å². The zero-order valence-corrected chi connectivity index (χ0v) is 66.2. The van der Waals surface area contributed by atoms with E-state index in [-0.39, 0.29) is 63.5 Å². The van der Waals surface area contributed by atoms with E-state index in [0.717, 1.165) is 0 Å². The van der Waals surface area contributed by atoms with Gasteiger partial charge in [0.05, 0.1) is 70.9 Å². The number of rotatable bonds is 6. The molecule has 13 rings (SSSR count). The van der Waals surface area contributed by atoms with Crippen LogP contribution < -0.4 is 46.8 Å². The van der Waals surface area contributed by atoms with E-state index < -0.39 is 258 Å². The number of aliphatic hydroxyl groups is 12. The molecule has 0 aromatic heterocycles. The van der Waals surface area contributed by atoms with Gasteiger partial charge in [0, 0.05) is 34.5 Å². The van der Waals surface area contributed by atoms with E-state index in [2.05, 4.69) is 17.2 Å². The molecule has 9 aliphatic carbocycles. The summed E-state index contributed by atoms with van der Waals surface area (Å²) in [6, 6.07) is 9.39. The minimum atomic E-state index is -5.47. The third-order valence-electron chi connectivity index (χ3n) is 21.8. The van der Waals surface area contributed by atoms with E-state index in [1.54, 1.807) is 57.2 Å². The van der Waals surface area contributed by atoms with Crippen LogP contribution in [0.2, 0.25) is 0 Å². The molecule has 0 bridgehead atoms. The summed E-state index contributed by atoms with van der Waals surface area (Å²) < 4.78 is 56.5. The Hall–Kier alpha value is -8.03. The maximum atomic E-state index is 13.7. The first-order valence-corrected chi connectivity index (χ1v) is 39.0. The summed E-state index contributed by atoms with van der Waals surface area (Å²) in [5, 5.41) is 165. The van der Waals surface area contributed by atoms with E-state index in [1.165, 1.54) is 75.2 Å². The van der Waals surface area contributed by atoms with Crippen molar-refractivity contribution in [3.63, 3.8) is 0 Å². The zero-order chi connectivity index (χ0) is 84.4. The topological polar surface area (TPSA) is 731 Å². The Morgan fingerprint density at radius 2 is 0.584 bits per heavy atom. The monoisotopic (exact) mass is 1680 g/mol. The molecule has 18 atom stereocenters. The summed E-state index contributed by atoms with van der Waals surface area (Å²) in [7, 11) is -13.1. The summed E-state index contributed by atoms with van der Waals surface area (Å²) in [6.45, 7) is 5.03. The molecule has 10 aliphatic rings. The molecule has 606 valence electrons. The maximum absolute atomic E-state index is 13.7. The molecule has 1 saturated heterocycles. The number of aromatic hydroxyl groups is 3. The number of primary amides is 3. The molecule has 42 nitrogen and oxygen atoms in total. The van der Waals surface area contributed by atoms with E-state index in [4.69, 9.17) is 36.8 Å². The van der Waals surface area contributed by atoms with Gasteiger partial charge in [-0.05, 0) is 94.9 Å². The number of phenols is 3. The van der Waals surface area contributed by atoms with Gasteiger partial charge in [0.1, 0.15) is 68.5 Å². The molecule has 1 aliphatic heterocycles. The molecule has 3 aromatic carbocycles. The maximum Gasteiger partial charge on any atom is 1.00 e. The van der Waals surface area contributed by atoms with Crippen LogP contribution in [-0.4, -0.2) is 259 Å². The largest absolute Gasteiger partial charge is 1.00 e. The number of carbonyl (C=O) groups excluding carboxylic acids is 9. The first-order chi connectivity index (χ1) is 51.4. The molecule has 0 radical (unpaired) electrons. The van der Waals surface area contributed by atoms with Crippen LogP contribution in [-0.2, 0) is 78.7 Å².